The summed E-state index contributed by atoms with van der Waals surface area (Å²) in [6.45, 7) is 7.43. The number of esters is 1. The number of methoxy groups -OCH3 is 1. The Kier molecular flexibility index (Phi) is 9.83. The number of rotatable bonds is 8. The second-order valence-corrected chi connectivity index (χ2v) is 5.53. The quantitative estimate of drug-likeness (QED) is 0.279. The number of guanidine groups is 1. The standard InChI is InChI=1S/C16H30N4O4/c1-4-17-16(19-12-14(21)18-8-11-23-3)20-9-6-13(7-10-20)15(22)24-5-2/h13H,4-12H2,1-3H3,(H,17,19)(H,18,21). The fraction of sp³-hybridized carbons (Fsp3) is 0.812. The number of carbonyl (C=O) groups excluding carboxylic acids is 2. The van der Waals surface area contributed by atoms with Crippen molar-refractivity contribution >= 4 is 17.8 Å². The van der Waals surface area contributed by atoms with E-state index < -0.39 is 0 Å². The fourth-order valence-corrected chi connectivity index (χ4v) is 2.51. The molecule has 1 rings (SSSR count). The third kappa shape index (κ3) is 7.16. The molecule has 1 saturated heterocycles. The Labute approximate surface area is 144 Å². The minimum atomic E-state index is -0.135. The number of nitrogens with one attached hydrogen (secondary N) is 2. The van der Waals surface area contributed by atoms with E-state index in [2.05, 4.69) is 20.5 Å². The van der Waals surface area contributed by atoms with Crippen molar-refractivity contribution < 1.29 is 19.1 Å². The molecule has 24 heavy (non-hydrogen) atoms. The van der Waals surface area contributed by atoms with Gasteiger partial charge in [-0.3, -0.25) is 9.59 Å². The number of hydrogen-bond acceptors (Lipinski definition) is 5. The summed E-state index contributed by atoms with van der Waals surface area (Å²) in [6.07, 6.45) is 1.48. The van der Waals surface area contributed by atoms with Gasteiger partial charge in [0.2, 0.25) is 5.91 Å². The molecule has 0 saturated carbocycles. The monoisotopic (exact) mass is 342 g/mol. The van der Waals surface area contributed by atoms with Crippen LogP contribution in [0.4, 0.5) is 0 Å². The van der Waals surface area contributed by atoms with Crippen molar-refractivity contribution in [3.63, 3.8) is 0 Å². The molecule has 0 aliphatic carbocycles. The van der Waals surface area contributed by atoms with Crippen LogP contribution >= 0.6 is 0 Å². The molecule has 8 heteroatoms. The first-order valence-electron chi connectivity index (χ1n) is 8.57. The summed E-state index contributed by atoms with van der Waals surface area (Å²) in [4.78, 5) is 30.0. The number of likely N-dealkylation sites (tertiary alicyclic amines) is 1. The molecule has 2 N–H and O–H groups in total. The first-order chi connectivity index (χ1) is 11.6. The number of carbonyl (C=O) groups is 2. The van der Waals surface area contributed by atoms with Crippen molar-refractivity contribution in [2.75, 3.05) is 53.0 Å². The van der Waals surface area contributed by atoms with Gasteiger partial charge < -0.3 is 25.0 Å². The first kappa shape index (κ1) is 20.2. The summed E-state index contributed by atoms with van der Waals surface area (Å²) in [6, 6.07) is 0. The van der Waals surface area contributed by atoms with Crippen LogP contribution in [0.15, 0.2) is 4.99 Å². The van der Waals surface area contributed by atoms with Crippen molar-refractivity contribution in [3.8, 4) is 0 Å². The summed E-state index contributed by atoms with van der Waals surface area (Å²) in [7, 11) is 1.59. The molecule has 0 atom stereocenters. The molecule has 1 aliphatic heterocycles. The van der Waals surface area contributed by atoms with E-state index in [0.29, 0.717) is 25.7 Å². The zero-order valence-corrected chi connectivity index (χ0v) is 15.0. The molecule has 1 fully saturated rings. The maximum absolute atomic E-state index is 11.8. The van der Waals surface area contributed by atoms with E-state index in [1.807, 2.05) is 13.8 Å². The summed E-state index contributed by atoms with van der Waals surface area (Å²) < 4.78 is 9.97. The average Bonchev–Trinajstić information content (AvgIpc) is 2.59. The Balaban J connectivity index is 2.49. The molecule has 0 aromatic carbocycles. The van der Waals surface area contributed by atoms with E-state index in [0.717, 1.165) is 32.5 Å². The van der Waals surface area contributed by atoms with Crippen LogP contribution in [-0.2, 0) is 19.1 Å². The smallest absolute Gasteiger partial charge is 0.309 e. The van der Waals surface area contributed by atoms with Gasteiger partial charge in [0, 0.05) is 33.3 Å². The average molecular weight is 342 g/mol. The van der Waals surface area contributed by atoms with Crippen molar-refractivity contribution in [2.45, 2.75) is 26.7 Å². The predicted molar refractivity (Wildman–Crippen MR) is 91.8 cm³/mol. The lowest BCUT2D eigenvalue weighted by Crippen LogP contribution is -2.47. The normalized spacial score (nSPS) is 16.0. The molecule has 8 nitrogen and oxygen atoms in total. The second-order valence-electron chi connectivity index (χ2n) is 5.53. The summed E-state index contributed by atoms with van der Waals surface area (Å²) >= 11 is 0. The summed E-state index contributed by atoms with van der Waals surface area (Å²) in [5.41, 5.74) is 0. The van der Waals surface area contributed by atoms with E-state index in [9.17, 15) is 9.59 Å². The van der Waals surface area contributed by atoms with Gasteiger partial charge in [0.25, 0.3) is 0 Å². The highest BCUT2D eigenvalue weighted by Crippen LogP contribution is 2.18. The predicted octanol–water partition coefficient (Wildman–Crippen LogP) is -0.0104. The Morgan fingerprint density at radius 2 is 1.92 bits per heavy atom. The van der Waals surface area contributed by atoms with Crippen molar-refractivity contribution in [2.24, 2.45) is 10.9 Å². The molecule has 0 aromatic heterocycles. The Bertz CT molecular complexity index is 420. The second kappa shape index (κ2) is 11.7. The number of hydrogen-bond donors (Lipinski definition) is 2. The fourth-order valence-electron chi connectivity index (χ4n) is 2.51. The zero-order chi connectivity index (χ0) is 17.8. The molecule has 1 amide bonds. The first-order valence-corrected chi connectivity index (χ1v) is 8.57. The summed E-state index contributed by atoms with van der Waals surface area (Å²) in [5.74, 6) is 0.420. The van der Waals surface area contributed by atoms with Crippen molar-refractivity contribution in [1.29, 1.82) is 0 Å². The molecule has 0 spiro atoms. The van der Waals surface area contributed by atoms with Gasteiger partial charge in [-0.2, -0.15) is 0 Å². The van der Waals surface area contributed by atoms with Crippen LogP contribution < -0.4 is 10.6 Å². The van der Waals surface area contributed by atoms with E-state index >= 15 is 0 Å². The lowest BCUT2D eigenvalue weighted by atomic mass is 9.97. The van der Waals surface area contributed by atoms with Gasteiger partial charge in [0.05, 0.1) is 19.1 Å². The number of amides is 1. The highest BCUT2D eigenvalue weighted by molar-refractivity contribution is 5.85. The molecule has 0 unspecified atom stereocenters. The van der Waals surface area contributed by atoms with Crippen LogP contribution in [0, 0.1) is 5.92 Å². The van der Waals surface area contributed by atoms with Gasteiger partial charge >= 0.3 is 5.97 Å². The molecule has 138 valence electrons. The van der Waals surface area contributed by atoms with Gasteiger partial charge in [0.1, 0.15) is 6.54 Å². The van der Waals surface area contributed by atoms with Gasteiger partial charge in [0.15, 0.2) is 5.96 Å². The van der Waals surface area contributed by atoms with Gasteiger partial charge in [-0.15, -0.1) is 0 Å². The lowest BCUT2D eigenvalue weighted by molar-refractivity contribution is -0.149. The van der Waals surface area contributed by atoms with E-state index in [4.69, 9.17) is 9.47 Å². The van der Waals surface area contributed by atoms with Crippen molar-refractivity contribution in [3.05, 3.63) is 0 Å². The minimum absolute atomic E-state index is 0.0404. The van der Waals surface area contributed by atoms with Crippen LogP contribution in [0.25, 0.3) is 0 Å². The number of aliphatic imine (C=N–C) groups is 1. The molecule has 0 bridgehead atoms. The topological polar surface area (TPSA) is 92.3 Å². The molecule has 1 heterocycles. The zero-order valence-electron chi connectivity index (χ0n) is 15.0. The Morgan fingerprint density at radius 3 is 2.50 bits per heavy atom. The Hall–Kier alpha value is -1.83. The van der Waals surface area contributed by atoms with E-state index in [1.54, 1.807) is 7.11 Å². The number of piperidine rings is 1. The largest absolute Gasteiger partial charge is 0.466 e. The van der Waals surface area contributed by atoms with Crippen molar-refractivity contribution in [1.82, 2.24) is 15.5 Å². The van der Waals surface area contributed by atoms with Crippen LogP contribution in [0.1, 0.15) is 26.7 Å². The maximum Gasteiger partial charge on any atom is 0.309 e. The van der Waals surface area contributed by atoms with Crippen LogP contribution in [0.5, 0.6) is 0 Å². The number of ether oxygens (including phenoxy) is 2. The van der Waals surface area contributed by atoms with Crippen LogP contribution in [0.3, 0.4) is 0 Å². The van der Waals surface area contributed by atoms with Crippen LogP contribution in [-0.4, -0.2) is 75.8 Å². The third-order valence-corrected chi connectivity index (χ3v) is 3.75. The molecule has 0 radical (unpaired) electrons. The third-order valence-electron chi connectivity index (χ3n) is 3.75. The minimum Gasteiger partial charge on any atom is -0.466 e. The van der Waals surface area contributed by atoms with Gasteiger partial charge in [-0.05, 0) is 26.7 Å². The molecule has 1 aliphatic rings. The lowest BCUT2D eigenvalue weighted by Gasteiger charge is -2.33. The molecular formula is C16H30N4O4. The highest BCUT2D eigenvalue weighted by atomic mass is 16.5. The van der Waals surface area contributed by atoms with Gasteiger partial charge in [-0.25, -0.2) is 4.99 Å². The SMILES string of the molecule is CCNC(=NCC(=O)NCCOC)N1CCC(C(=O)OCC)CC1. The molecular weight excluding hydrogens is 312 g/mol. The highest BCUT2D eigenvalue weighted by Gasteiger charge is 2.27. The summed E-state index contributed by atoms with van der Waals surface area (Å²) in [5, 5.41) is 5.94. The number of nitrogens with zero attached hydrogens (tertiary/aromatic N) is 2. The van der Waals surface area contributed by atoms with E-state index in [1.165, 1.54) is 0 Å². The molecule has 0 aromatic rings. The van der Waals surface area contributed by atoms with Crippen LogP contribution in [0.2, 0.25) is 0 Å². The maximum atomic E-state index is 11.8. The Morgan fingerprint density at radius 1 is 1.21 bits per heavy atom. The van der Waals surface area contributed by atoms with Gasteiger partial charge in [-0.1, -0.05) is 0 Å². The van der Waals surface area contributed by atoms with E-state index in [-0.39, 0.29) is 24.3 Å².